The van der Waals surface area contributed by atoms with Crippen molar-refractivity contribution in [1.82, 2.24) is 5.32 Å². The van der Waals surface area contributed by atoms with Gasteiger partial charge in [-0.2, -0.15) is 0 Å². The first-order chi connectivity index (χ1) is 6.54. The molecule has 0 saturated heterocycles. The maximum atomic E-state index is 10.7. The topological polar surface area (TPSA) is 69.6 Å². The van der Waals surface area contributed by atoms with E-state index in [0.29, 0.717) is 6.42 Å². The molecule has 0 radical (unpaired) electrons. The van der Waals surface area contributed by atoms with E-state index < -0.39 is 18.1 Å². The Balaban J connectivity index is 4.26. The molecule has 3 atom stereocenters. The van der Waals surface area contributed by atoms with E-state index in [-0.39, 0.29) is 5.92 Å². The van der Waals surface area contributed by atoms with Gasteiger partial charge in [0.25, 0.3) is 0 Å². The normalized spacial score (nSPS) is 18.0. The zero-order chi connectivity index (χ0) is 11.1. The Morgan fingerprint density at radius 1 is 1.57 bits per heavy atom. The van der Waals surface area contributed by atoms with Crippen LogP contribution >= 0.6 is 0 Å². The fourth-order valence-electron chi connectivity index (χ4n) is 1.26. The summed E-state index contributed by atoms with van der Waals surface area (Å²) in [6.07, 6.45) is 3.62. The molecule has 0 rings (SSSR count). The molecule has 82 valence electrons. The number of aliphatic hydroxyl groups excluding tert-OH is 1. The summed E-state index contributed by atoms with van der Waals surface area (Å²) in [4.78, 5) is 10.7. The number of allylic oxidation sites excluding steroid dienone is 2. The van der Waals surface area contributed by atoms with Crippen LogP contribution in [0.15, 0.2) is 12.2 Å². The molecule has 14 heavy (non-hydrogen) atoms. The first kappa shape index (κ1) is 13.1. The fraction of sp³-hybridized carbons (Fsp3) is 0.700. The molecule has 0 fully saturated rings. The van der Waals surface area contributed by atoms with Gasteiger partial charge in [0, 0.05) is 0 Å². The molecule has 0 aromatic heterocycles. The molecule has 0 bridgehead atoms. The second kappa shape index (κ2) is 6.56. The minimum Gasteiger partial charge on any atom is -0.480 e. The zero-order valence-electron chi connectivity index (χ0n) is 8.90. The van der Waals surface area contributed by atoms with E-state index in [2.05, 4.69) is 5.32 Å². The van der Waals surface area contributed by atoms with Crippen molar-refractivity contribution in [1.29, 1.82) is 0 Å². The Bertz CT molecular complexity index is 204. The molecule has 0 aliphatic heterocycles. The van der Waals surface area contributed by atoms with Gasteiger partial charge in [0.15, 0.2) is 0 Å². The summed E-state index contributed by atoms with van der Waals surface area (Å²) in [5.41, 5.74) is 0. The Morgan fingerprint density at radius 2 is 2.14 bits per heavy atom. The third-order valence-electron chi connectivity index (χ3n) is 2.25. The van der Waals surface area contributed by atoms with Gasteiger partial charge >= 0.3 is 5.97 Å². The largest absolute Gasteiger partial charge is 0.480 e. The second-order valence-corrected chi connectivity index (χ2v) is 3.38. The third kappa shape index (κ3) is 3.89. The van der Waals surface area contributed by atoms with Crippen molar-refractivity contribution < 1.29 is 15.0 Å². The van der Waals surface area contributed by atoms with Crippen molar-refractivity contribution >= 4 is 5.97 Å². The van der Waals surface area contributed by atoms with Gasteiger partial charge in [0.2, 0.25) is 0 Å². The van der Waals surface area contributed by atoms with Crippen LogP contribution in [-0.2, 0) is 4.79 Å². The van der Waals surface area contributed by atoms with E-state index in [0.717, 1.165) is 0 Å². The van der Waals surface area contributed by atoms with Crippen LogP contribution in [0.4, 0.5) is 0 Å². The molecule has 3 N–H and O–H groups in total. The Morgan fingerprint density at radius 3 is 2.50 bits per heavy atom. The smallest absolute Gasteiger partial charge is 0.323 e. The van der Waals surface area contributed by atoms with Crippen LogP contribution in [0.5, 0.6) is 0 Å². The first-order valence-electron chi connectivity index (χ1n) is 4.73. The van der Waals surface area contributed by atoms with Crippen molar-refractivity contribution in [3.63, 3.8) is 0 Å². The SMILES string of the molecule is C/C=C/CC(C)C(O)C(NC)C(=O)O. The molecule has 4 nitrogen and oxygen atoms in total. The Hall–Kier alpha value is -0.870. The maximum Gasteiger partial charge on any atom is 0.323 e. The highest BCUT2D eigenvalue weighted by Crippen LogP contribution is 2.12. The number of carboxylic acids is 1. The molecular weight excluding hydrogens is 182 g/mol. The standard InChI is InChI=1S/C10H19NO3/c1-4-5-6-7(2)9(12)8(11-3)10(13)14/h4-5,7-9,11-12H,6H2,1-3H3,(H,13,14)/b5-4+. The molecule has 0 amide bonds. The van der Waals surface area contributed by atoms with Gasteiger partial charge in [-0.15, -0.1) is 0 Å². The Labute approximate surface area is 84.6 Å². The minimum atomic E-state index is -1.02. The average molecular weight is 201 g/mol. The number of hydrogen-bond acceptors (Lipinski definition) is 3. The van der Waals surface area contributed by atoms with Gasteiger partial charge in [0.1, 0.15) is 6.04 Å². The van der Waals surface area contributed by atoms with Crippen LogP contribution in [0, 0.1) is 5.92 Å². The fourth-order valence-corrected chi connectivity index (χ4v) is 1.26. The summed E-state index contributed by atoms with van der Waals surface area (Å²) in [6.45, 7) is 3.73. The van der Waals surface area contributed by atoms with Gasteiger partial charge in [-0.05, 0) is 26.3 Å². The predicted molar refractivity (Wildman–Crippen MR) is 55.1 cm³/mol. The van der Waals surface area contributed by atoms with Crippen LogP contribution in [0.25, 0.3) is 0 Å². The lowest BCUT2D eigenvalue weighted by Gasteiger charge is -2.23. The highest BCUT2D eigenvalue weighted by molar-refractivity contribution is 5.74. The van der Waals surface area contributed by atoms with Crippen LogP contribution in [-0.4, -0.2) is 35.4 Å². The lowest BCUT2D eigenvalue weighted by molar-refractivity contribution is -0.143. The first-order valence-corrected chi connectivity index (χ1v) is 4.73. The quantitative estimate of drug-likeness (QED) is 0.551. The van der Waals surface area contributed by atoms with Gasteiger partial charge in [-0.1, -0.05) is 19.1 Å². The summed E-state index contributed by atoms with van der Waals surface area (Å²) in [6, 6.07) is -0.893. The van der Waals surface area contributed by atoms with Crippen molar-refractivity contribution in [3.8, 4) is 0 Å². The molecule has 4 heteroatoms. The van der Waals surface area contributed by atoms with E-state index in [9.17, 15) is 9.90 Å². The van der Waals surface area contributed by atoms with Crippen LogP contribution in [0.1, 0.15) is 20.3 Å². The number of aliphatic hydroxyl groups is 1. The van der Waals surface area contributed by atoms with Gasteiger partial charge in [-0.25, -0.2) is 0 Å². The van der Waals surface area contributed by atoms with E-state index in [1.54, 1.807) is 0 Å². The van der Waals surface area contributed by atoms with Gasteiger partial charge in [0.05, 0.1) is 6.10 Å². The molecule has 0 aromatic carbocycles. The van der Waals surface area contributed by atoms with E-state index >= 15 is 0 Å². The molecule has 0 aromatic rings. The van der Waals surface area contributed by atoms with Crippen molar-refractivity contribution in [3.05, 3.63) is 12.2 Å². The summed E-state index contributed by atoms with van der Waals surface area (Å²) in [7, 11) is 1.53. The molecule has 3 unspecified atom stereocenters. The van der Waals surface area contributed by atoms with Crippen LogP contribution in [0.3, 0.4) is 0 Å². The number of hydrogen-bond donors (Lipinski definition) is 3. The summed E-state index contributed by atoms with van der Waals surface area (Å²) >= 11 is 0. The van der Waals surface area contributed by atoms with Gasteiger partial charge in [-0.3, -0.25) is 4.79 Å². The van der Waals surface area contributed by atoms with Crippen molar-refractivity contribution in [2.45, 2.75) is 32.4 Å². The lowest BCUT2D eigenvalue weighted by Crippen LogP contribution is -2.47. The number of carbonyl (C=O) groups is 1. The monoisotopic (exact) mass is 201 g/mol. The van der Waals surface area contributed by atoms with Gasteiger partial charge < -0.3 is 15.5 Å². The number of carboxylic acid groups (broad SMARTS) is 1. The van der Waals surface area contributed by atoms with E-state index in [1.807, 2.05) is 26.0 Å². The molecule has 0 spiro atoms. The molecule has 0 heterocycles. The number of rotatable bonds is 6. The van der Waals surface area contributed by atoms with E-state index in [4.69, 9.17) is 5.11 Å². The summed E-state index contributed by atoms with van der Waals surface area (Å²) in [5.74, 6) is -1.09. The number of likely N-dealkylation sites (N-methyl/N-ethyl adjacent to an activating group) is 1. The zero-order valence-corrected chi connectivity index (χ0v) is 8.90. The second-order valence-electron chi connectivity index (χ2n) is 3.38. The molecule has 0 aliphatic carbocycles. The highest BCUT2D eigenvalue weighted by atomic mass is 16.4. The average Bonchev–Trinajstić information content (AvgIpc) is 2.14. The van der Waals surface area contributed by atoms with Crippen LogP contribution < -0.4 is 5.32 Å². The maximum absolute atomic E-state index is 10.7. The Kier molecular flexibility index (Phi) is 6.16. The molecular formula is C10H19NO3. The van der Waals surface area contributed by atoms with Crippen LogP contribution in [0.2, 0.25) is 0 Å². The van der Waals surface area contributed by atoms with Crippen molar-refractivity contribution in [2.75, 3.05) is 7.05 Å². The molecule has 0 saturated carbocycles. The minimum absolute atomic E-state index is 0.0697. The predicted octanol–water partition coefficient (Wildman–Crippen LogP) is 0.622. The lowest BCUT2D eigenvalue weighted by atomic mass is 9.95. The van der Waals surface area contributed by atoms with E-state index in [1.165, 1.54) is 7.05 Å². The summed E-state index contributed by atoms with van der Waals surface area (Å²) < 4.78 is 0. The molecule has 0 aliphatic rings. The number of nitrogens with one attached hydrogen (secondary N) is 1. The van der Waals surface area contributed by atoms with Crippen molar-refractivity contribution in [2.24, 2.45) is 5.92 Å². The summed E-state index contributed by atoms with van der Waals surface area (Å²) in [5, 5.41) is 21.1. The third-order valence-corrected chi connectivity index (χ3v) is 2.25. The highest BCUT2D eigenvalue weighted by Gasteiger charge is 2.28. The number of aliphatic carboxylic acids is 1.